The van der Waals surface area contributed by atoms with Gasteiger partial charge in [-0.25, -0.2) is 0 Å². The summed E-state index contributed by atoms with van der Waals surface area (Å²) in [5.74, 6) is 1.58. The molecule has 0 bridgehead atoms. The topological polar surface area (TPSA) is 94.7 Å². The molecule has 0 saturated carbocycles. The van der Waals surface area contributed by atoms with Gasteiger partial charge in [-0.1, -0.05) is 0 Å². The summed E-state index contributed by atoms with van der Waals surface area (Å²) < 4.78 is 3.65. The first-order chi connectivity index (χ1) is 11.5. The number of ketones is 1. The average Bonchev–Trinajstić information content (AvgIpc) is 3.06. The fraction of sp³-hybridized carbons (Fsp3) is 0.562. The molecule has 0 aromatic carbocycles. The third kappa shape index (κ3) is 3.08. The van der Waals surface area contributed by atoms with Gasteiger partial charge in [0.2, 0.25) is 5.91 Å². The molecule has 8 nitrogen and oxygen atoms in total. The van der Waals surface area contributed by atoms with Crippen LogP contribution in [0.25, 0.3) is 0 Å². The van der Waals surface area contributed by atoms with Crippen LogP contribution in [0.3, 0.4) is 0 Å². The SMILES string of the molecule is CC(=O)c1c(C)nn(CC(=O)NCc2nnc3n2CCCC3)c1C. The Bertz CT molecular complexity index is 789. The Kier molecular flexibility index (Phi) is 4.46. The second-order valence-electron chi connectivity index (χ2n) is 6.18. The van der Waals surface area contributed by atoms with Crippen molar-refractivity contribution >= 4 is 11.7 Å². The monoisotopic (exact) mass is 330 g/mol. The quantitative estimate of drug-likeness (QED) is 0.824. The van der Waals surface area contributed by atoms with Gasteiger partial charge >= 0.3 is 0 Å². The highest BCUT2D eigenvalue weighted by atomic mass is 16.2. The van der Waals surface area contributed by atoms with E-state index in [0.717, 1.165) is 43.1 Å². The van der Waals surface area contributed by atoms with Crippen molar-refractivity contribution < 1.29 is 9.59 Å². The Labute approximate surface area is 140 Å². The van der Waals surface area contributed by atoms with Crippen LogP contribution in [0.2, 0.25) is 0 Å². The summed E-state index contributed by atoms with van der Waals surface area (Å²) in [5.41, 5.74) is 1.96. The first-order valence-electron chi connectivity index (χ1n) is 8.20. The van der Waals surface area contributed by atoms with Crippen LogP contribution in [0, 0.1) is 13.8 Å². The van der Waals surface area contributed by atoms with Crippen molar-refractivity contribution in [1.82, 2.24) is 29.9 Å². The van der Waals surface area contributed by atoms with Gasteiger partial charge in [0.05, 0.1) is 17.8 Å². The van der Waals surface area contributed by atoms with Gasteiger partial charge in [0.1, 0.15) is 12.4 Å². The smallest absolute Gasteiger partial charge is 0.242 e. The highest BCUT2D eigenvalue weighted by Gasteiger charge is 2.18. The summed E-state index contributed by atoms with van der Waals surface area (Å²) in [5, 5.41) is 15.5. The zero-order chi connectivity index (χ0) is 17.3. The minimum absolute atomic E-state index is 0.0354. The normalized spacial score (nSPS) is 13.6. The van der Waals surface area contributed by atoms with Crippen LogP contribution in [0.4, 0.5) is 0 Å². The van der Waals surface area contributed by atoms with Gasteiger partial charge in [-0.05, 0) is 33.6 Å². The molecule has 0 fully saturated rings. The number of nitrogens with one attached hydrogen (secondary N) is 1. The summed E-state index contributed by atoms with van der Waals surface area (Å²) in [6.07, 6.45) is 3.20. The lowest BCUT2D eigenvalue weighted by Crippen LogP contribution is -2.29. The highest BCUT2D eigenvalue weighted by molar-refractivity contribution is 5.96. The summed E-state index contributed by atoms with van der Waals surface area (Å²) in [4.78, 5) is 23.8. The molecule has 2 aromatic rings. The largest absolute Gasteiger partial charge is 0.347 e. The molecule has 0 unspecified atom stereocenters. The molecule has 1 aliphatic heterocycles. The number of carbonyl (C=O) groups excluding carboxylic acids is 2. The number of Topliss-reactive ketones (excluding diaryl/α,β-unsaturated/α-hetero) is 1. The van der Waals surface area contributed by atoms with E-state index in [0.29, 0.717) is 17.8 Å². The van der Waals surface area contributed by atoms with E-state index in [-0.39, 0.29) is 18.2 Å². The van der Waals surface area contributed by atoms with E-state index in [1.54, 1.807) is 18.5 Å². The minimum atomic E-state index is -0.163. The maximum Gasteiger partial charge on any atom is 0.242 e. The zero-order valence-electron chi connectivity index (χ0n) is 14.3. The standard InChI is InChI=1S/C16H22N6O2/c1-10-16(12(3)23)11(2)22(20-10)9-15(24)17-8-14-19-18-13-6-4-5-7-21(13)14/h4-9H2,1-3H3,(H,17,24). The molecule has 2 aromatic heterocycles. The van der Waals surface area contributed by atoms with Crippen molar-refractivity contribution in [3.63, 3.8) is 0 Å². The molecule has 0 atom stereocenters. The zero-order valence-corrected chi connectivity index (χ0v) is 14.3. The number of rotatable bonds is 5. The predicted molar refractivity (Wildman–Crippen MR) is 86.5 cm³/mol. The van der Waals surface area contributed by atoms with Gasteiger partial charge in [0, 0.05) is 18.7 Å². The molecule has 3 heterocycles. The maximum atomic E-state index is 12.2. The first kappa shape index (κ1) is 16.4. The Morgan fingerprint density at radius 1 is 1.21 bits per heavy atom. The Balaban J connectivity index is 1.63. The van der Waals surface area contributed by atoms with E-state index in [1.807, 2.05) is 0 Å². The van der Waals surface area contributed by atoms with Gasteiger partial charge in [0.15, 0.2) is 11.6 Å². The average molecular weight is 330 g/mol. The van der Waals surface area contributed by atoms with Crippen LogP contribution in [0.1, 0.15) is 53.2 Å². The third-order valence-corrected chi connectivity index (χ3v) is 4.41. The molecule has 3 rings (SSSR count). The number of hydrogen-bond acceptors (Lipinski definition) is 5. The molecule has 1 N–H and O–H groups in total. The van der Waals surface area contributed by atoms with Crippen LogP contribution < -0.4 is 5.32 Å². The number of hydrogen-bond donors (Lipinski definition) is 1. The van der Waals surface area contributed by atoms with Crippen molar-refractivity contribution in [2.24, 2.45) is 0 Å². The van der Waals surface area contributed by atoms with Gasteiger partial charge in [-0.3, -0.25) is 14.3 Å². The van der Waals surface area contributed by atoms with Crippen LogP contribution in [0.5, 0.6) is 0 Å². The number of aromatic nitrogens is 5. The van der Waals surface area contributed by atoms with Crippen LogP contribution >= 0.6 is 0 Å². The lowest BCUT2D eigenvalue weighted by atomic mass is 10.1. The molecule has 1 aliphatic rings. The van der Waals surface area contributed by atoms with E-state index in [9.17, 15) is 9.59 Å². The first-order valence-corrected chi connectivity index (χ1v) is 8.20. The summed E-state index contributed by atoms with van der Waals surface area (Å²) >= 11 is 0. The molecule has 0 aliphatic carbocycles. The number of carbonyl (C=O) groups is 2. The van der Waals surface area contributed by atoms with Crippen molar-refractivity contribution in [2.45, 2.75) is 59.7 Å². The molecule has 128 valence electrons. The second kappa shape index (κ2) is 6.54. The summed E-state index contributed by atoms with van der Waals surface area (Å²) in [7, 11) is 0. The lowest BCUT2D eigenvalue weighted by Gasteiger charge is -2.15. The van der Waals surface area contributed by atoms with E-state index in [1.165, 1.54) is 6.92 Å². The Morgan fingerprint density at radius 3 is 2.71 bits per heavy atom. The van der Waals surface area contributed by atoms with Crippen LogP contribution in [-0.2, 0) is 30.8 Å². The van der Waals surface area contributed by atoms with Gasteiger partial charge < -0.3 is 9.88 Å². The van der Waals surface area contributed by atoms with E-state index in [2.05, 4.69) is 25.2 Å². The molecular formula is C16H22N6O2. The highest BCUT2D eigenvalue weighted by Crippen LogP contribution is 2.15. The fourth-order valence-corrected chi connectivity index (χ4v) is 3.23. The Morgan fingerprint density at radius 2 is 2.00 bits per heavy atom. The van der Waals surface area contributed by atoms with E-state index >= 15 is 0 Å². The molecular weight excluding hydrogens is 308 g/mol. The van der Waals surface area contributed by atoms with Gasteiger partial charge in [-0.15, -0.1) is 10.2 Å². The number of nitrogens with zero attached hydrogens (tertiary/aromatic N) is 5. The van der Waals surface area contributed by atoms with E-state index in [4.69, 9.17) is 0 Å². The fourth-order valence-electron chi connectivity index (χ4n) is 3.23. The van der Waals surface area contributed by atoms with E-state index < -0.39 is 0 Å². The molecule has 0 radical (unpaired) electrons. The third-order valence-electron chi connectivity index (χ3n) is 4.41. The van der Waals surface area contributed by atoms with Crippen molar-refractivity contribution in [2.75, 3.05) is 0 Å². The van der Waals surface area contributed by atoms with Crippen molar-refractivity contribution in [3.8, 4) is 0 Å². The molecule has 8 heteroatoms. The molecule has 1 amide bonds. The van der Waals surface area contributed by atoms with Gasteiger partial charge in [-0.2, -0.15) is 5.10 Å². The van der Waals surface area contributed by atoms with Crippen molar-refractivity contribution in [1.29, 1.82) is 0 Å². The lowest BCUT2D eigenvalue weighted by molar-refractivity contribution is -0.122. The minimum Gasteiger partial charge on any atom is -0.347 e. The molecule has 0 spiro atoms. The second-order valence-corrected chi connectivity index (χ2v) is 6.18. The number of aryl methyl sites for hydroxylation is 2. The number of fused-ring (bicyclic) bond motifs is 1. The maximum absolute atomic E-state index is 12.2. The van der Waals surface area contributed by atoms with Crippen LogP contribution in [-0.4, -0.2) is 36.2 Å². The molecule has 0 saturated heterocycles. The molecule has 24 heavy (non-hydrogen) atoms. The predicted octanol–water partition coefficient (Wildman–Crippen LogP) is 0.947. The number of amides is 1. The van der Waals surface area contributed by atoms with Crippen LogP contribution in [0.15, 0.2) is 0 Å². The van der Waals surface area contributed by atoms with Gasteiger partial charge in [0.25, 0.3) is 0 Å². The summed E-state index contributed by atoms with van der Waals surface area (Å²) in [6, 6.07) is 0. The summed E-state index contributed by atoms with van der Waals surface area (Å²) in [6.45, 7) is 6.44. The van der Waals surface area contributed by atoms with Crippen molar-refractivity contribution in [3.05, 3.63) is 28.6 Å². The Hall–Kier alpha value is -2.51.